The van der Waals surface area contributed by atoms with Gasteiger partial charge in [-0.25, -0.2) is 0 Å². The molecule has 0 aromatic rings. The lowest BCUT2D eigenvalue weighted by Crippen LogP contribution is -2.51. The average Bonchev–Trinajstić information content (AvgIpc) is 2.93. The Morgan fingerprint density at radius 2 is 1.68 bits per heavy atom. The number of aliphatic hydroxyl groups is 1. The second kappa shape index (κ2) is 4.46. The summed E-state index contributed by atoms with van der Waals surface area (Å²) >= 11 is 0. The van der Waals surface area contributed by atoms with Crippen molar-refractivity contribution < 1.29 is 14.6 Å². The van der Waals surface area contributed by atoms with Gasteiger partial charge in [0.05, 0.1) is 11.0 Å². The zero-order chi connectivity index (χ0) is 18.7. The van der Waals surface area contributed by atoms with Gasteiger partial charge in [-0.15, -0.1) is 0 Å². The third kappa shape index (κ3) is 2.23. The van der Waals surface area contributed by atoms with E-state index in [-0.39, 0.29) is 22.2 Å². The predicted octanol–water partition coefficient (Wildman–Crippen LogP) is 4.71. The van der Waals surface area contributed by atoms with E-state index in [1.54, 1.807) is 0 Å². The molecule has 25 heavy (non-hydrogen) atoms. The first-order valence-electron chi connectivity index (χ1n) is 10.1. The molecule has 0 amide bonds. The first-order valence-corrected chi connectivity index (χ1v) is 10.1. The maximum atomic E-state index is 13.5. The molecule has 1 spiro atoms. The lowest BCUT2D eigenvalue weighted by molar-refractivity contribution is -0.188. The Morgan fingerprint density at radius 1 is 1.04 bits per heavy atom. The summed E-state index contributed by atoms with van der Waals surface area (Å²) in [5.74, 6) is 1.23. The normalized spacial score (nSPS) is 46.7. The van der Waals surface area contributed by atoms with Gasteiger partial charge in [0.15, 0.2) is 0 Å². The molecular formula is C22H36O3. The third-order valence-electron chi connectivity index (χ3n) is 8.45. The summed E-state index contributed by atoms with van der Waals surface area (Å²) in [6.45, 7) is 15.1. The van der Waals surface area contributed by atoms with Gasteiger partial charge in [-0.2, -0.15) is 0 Å². The molecule has 0 aromatic heterocycles. The predicted molar refractivity (Wildman–Crippen MR) is 97.9 cm³/mol. The monoisotopic (exact) mass is 348 g/mol. The molecule has 6 atom stereocenters. The van der Waals surface area contributed by atoms with Crippen molar-refractivity contribution in [2.45, 2.75) is 98.2 Å². The standard InChI is InChI=1S/C22H36O3/c1-17(2,3)11-19(7,18(4,5)6)16(23)25-20-8-14-9-21(15(14)10-20)13-22(21,24)12-20/h14-15,24H,8-13H2,1-7H3. The Kier molecular flexibility index (Phi) is 3.18. The average molecular weight is 349 g/mol. The zero-order valence-corrected chi connectivity index (χ0v) is 17.2. The number of hydrogen-bond acceptors (Lipinski definition) is 3. The van der Waals surface area contributed by atoms with Gasteiger partial charge in [0.2, 0.25) is 0 Å². The number of ether oxygens (including phenoxy) is 1. The molecule has 0 aliphatic heterocycles. The Balaban J connectivity index is 1.58. The molecule has 0 heterocycles. The van der Waals surface area contributed by atoms with E-state index < -0.39 is 16.6 Å². The van der Waals surface area contributed by atoms with Crippen molar-refractivity contribution in [2.24, 2.45) is 33.5 Å². The fraction of sp³-hybridized carbons (Fsp3) is 0.955. The van der Waals surface area contributed by atoms with Gasteiger partial charge >= 0.3 is 5.97 Å². The fourth-order valence-corrected chi connectivity index (χ4v) is 6.86. The molecule has 0 radical (unpaired) electrons. The largest absolute Gasteiger partial charge is 0.459 e. The first-order chi connectivity index (χ1) is 11.2. The summed E-state index contributed by atoms with van der Waals surface area (Å²) in [5.41, 5.74) is -1.36. The van der Waals surface area contributed by atoms with E-state index in [4.69, 9.17) is 4.74 Å². The van der Waals surface area contributed by atoms with E-state index in [1.807, 2.05) is 0 Å². The molecule has 3 nitrogen and oxygen atoms in total. The highest BCUT2D eigenvalue weighted by atomic mass is 16.6. The van der Waals surface area contributed by atoms with E-state index in [0.29, 0.717) is 18.3 Å². The minimum absolute atomic E-state index is 0.0482. The lowest BCUT2D eigenvalue weighted by Gasteiger charge is -2.48. The third-order valence-corrected chi connectivity index (χ3v) is 8.45. The van der Waals surface area contributed by atoms with E-state index in [0.717, 1.165) is 32.1 Å². The molecule has 6 unspecified atom stereocenters. The van der Waals surface area contributed by atoms with Crippen LogP contribution in [0.5, 0.6) is 0 Å². The summed E-state index contributed by atoms with van der Waals surface area (Å²) < 4.78 is 6.36. The van der Waals surface area contributed by atoms with Crippen LogP contribution < -0.4 is 0 Å². The van der Waals surface area contributed by atoms with Crippen molar-refractivity contribution in [3.63, 3.8) is 0 Å². The molecule has 4 aliphatic rings. The highest BCUT2D eigenvalue weighted by Crippen LogP contribution is 2.84. The smallest absolute Gasteiger partial charge is 0.312 e. The maximum absolute atomic E-state index is 13.5. The van der Waals surface area contributed by atoms with Gasteiger partial charge < -0.3 is 9.84 Å². The van der Waals surface area contributed by atoms with E-state index in [1.165, 1.54) is 0 Å². The van der Waals surface area contributed by atoms with Crippen molar-refractivity contribution in [1.29, 1.82) is 0 Å². The number of hydrogen-bond donors (Lipinski definition) is 1. The van der Waals surface area contributed by atoms with Gasteiger partial charge in [0, 0.05) is 11.8 Å². The Hall–Kier alpha value is -0.570. The van der Waals surface area contributed by atoms with Gasteiger partial charge in [-0.1, -0.05) is 41.5 Å². The van der Waals surface area contributed by atoms with Crippen LogP contribution >= 0.6 is 0 Å². The van der Waals surface area contributed by atoms with Gasteiger partial charge in [0.1, 0.15) is 5.60 Å². The van der Waals surface area contributed by atoms with Crippen LogP contribution in [0.25, 0.3) is 0 Å². The van der Waals surface area contributed by atoms with Crippen LogP contribution in [0.4, 0.5) is 0 Å². The minimum atomic E-state index is -0.536. The number of carbonyl (C=O) groups is 1. The molecule has 4 aliphatic carbocycles. The van der Waals surface area contributed by atoms with Gasteiger partial charge in [0.25, 0.3) is 0 Å². The van der Waals surface area contributed by atoms with E-state index in [9.17, 15) is 9.90 Å². The zero-order valence-electron chi connectivity index (χ0n) is 17.2. The van der Waals surface area contributed by atoms with Crippen molar-refractivity contribution in [3.8, 4) is 0 Å². The van der Waals surface area contributed by atoms with Crippen molar-refractivity contribution in [1.82, 2.24) is 0 Å². The summed E-state index contributed by atoms with van der Waals surface area (Å²) in [4.78, 5) is 13.5. The van der Waals surface area contributed by atoms with Crippen LogP contribution in [0.3, 0.4) is 0 Å². The van der Waals surface area contributed by atoms with Gasteiger partial charge in [-0.05, 0) is 61.7 Å². The molecule has 0 saturated heterocycles. The minimum Gasteiger partial charge on any atom is -0.459 e. The number of rotatable bonds is 3. The Labute approximate surface area is 152 Å². The Bertz CT molecular complexity index is 626. The molecule has 2 bridgehead atoms. The lowest BCUT2D eigenvalue weighted by atomic mass is 9.60. The highest BCUT2D eigenvalue weighted by molar-refractivity contribution is 5.78. The molecule has 0 aromatic carbocycles. The molecule has 1 N–H and O–H groups in total. The van der Waals surface area contributed by atoms with Crippen LogP contribution in [0.1, 0.15) is 87.0 Å². The van der Waals surface area contributed by atoms with E-state index in [2.05, 4.69) is 48.5 Å². The van der Waals surface area contributed by atoms with Crippen LogP contribution in [-0.2, 0) is 9.53 Å². The van der Waals surface area contributed by atoms with Gasteiger partial charge in [-0.3, -0.25) is 4.79 Å². The second-order valence-electron chi connectivity index (χ2n) is 12.4. The molecule has 142 valence electrons. The number of carbonyl (C=O) groups excluding carboxylic acids is 1. The molecular weight excluding hydrogens is 312 g/mol. The van der Waals surface area contributed by atoms with Crippen molar-refractivity contribution in [3.05, 3.63) is 0 Å². The fourth-order valence-electron chi connectivity index (χ4n) is 6.86. The van der Waals surface area contributed by atoms with Crippen LogP contribution in [0.2, 0.25) is 0 Å². The number of fused-ring (bicyclic) bond motifs is 1. The maximum Gasteiger partial charge on any atom is 0.312 e. The van der Waals surface area contributed by atoms with Crippen LogP contribution in [-0.4, -0.2) is 22.3 Å². The second-order valence-corrected chi connectivity index (χ2v) is 12.4. The SMILES string of the molecule is CC(C)(C)CC(C)(C(=O)OC12CC3CC4(CC4(O)C1)C3C2)C(C)(C)C. The summed E-state index contributed by atoms with van der Waals surface area (Å²) in [6.07, 6.45) is 5.55. The summed E-state index contributed by atoms with van der Waals surface area (Å²) in [6, 6.07) is 0. The van der Waals surface area contributed by atoms with Crippen LogP contribution in [0.15, 0.2) is 0 Å². The topological polar surface area (TPSA) is 46.5 Å². The molecule has 3 heteroatoms. The van der Waals surface area contributed by atoms with Crippen molar-refractivity contribution in [2.75, 3.05) is 0 Å². The van der Waals surface area contributed by atoms with E-state index >= 15 is 0 Å². The van der Waals surface area contributed by atoms with Crippen molar-refractivity contribution >= 4 is 5.97 Å². The molecule has 4 rings (SSSR count). The highest BCUT2D eigenvalue weighted by Gasteiger charge is 2.84. The van der Waals surface area contributed by atoms with Crippen LogP contribution in [0, 0.1) is 33.5 Å². The quantitative estimate of drug-likeness (QED) is 0.751. The summed E-state index contributed by atoms with van der Waals surface area (Å²) in [5, 5.41) is 11.0. The first kappa shape index (κ1) is 17.8. The Morgan fingerprint density at radius 3 is 2.24 bits per heavy atom. The molecule has 4 saturated carbocycles. The number of esters is 1. The summed E-state index contributed by atoms with van der Waals surface area (Å²) in [7, 11) is 0. The molecule has 4 fully saturated rings.